The van der Waals surface area contributed by atoms with Crippen molar-refractivity contribution in [2.75, 3.05) is 13.2 Å². The lowest BCUT2D eigenvalue weighted by Crippen LogP contribution is -2.28. The molecule has 0 N–H and O–H groups in total. The van der Waals surface area contributed by atoms with E-state index in [9.17, 15) is 9.59 Å². The molecule has 0 amide bonds. The topological polar surface area (TPSA) is 70.4 Å². The molecular formula is C16H17ClN2O4. The zero-order chi connectivity index (χ0) is 16.8. The predicted octanol–water partition coefficient (Wildman–Crippen LogP) is 2.52. The standard InChI is InChI=1S/C16H17ClN2O4/c1-3-22-13-12(15(21)23-4-2)18-16(17)19(14(13)20)10-11-8-6-5-7-9-11/h5-9H,3-4,10H2,1-2H3. The van der Waals surface area contributed by atoms with Gasteiger partial charge in [0.25, 0.3) is 5.56 Å². The van der Waals surface area contributed by atoms with Crippen LogP contribution in [0.3, 0.4) is 0 Å². The summed E-state index contributed by atoms with van der Waals surface area (Å²) in [6, 6.07) is 9.32. The van der Waals surface area contributed by atoms with E-state index in [4.69, 9.17) is 21.1 Å². The van der Waals surface area contributed by atoms with E-state index < -0.39 is 11.5 Å². The molecule has 0 saturated carbocycles. The molecule has 0 atom stereocenters. The molecule has 2 rings (SSSR count). The fraction of sp³-hybridized carbons (Fsp3) is 0.312. The predicted molar refractivity (Wildman–Crippen MR) is 86.2 cm³/mol. The normalized spacial score (nSPS) is 10.4. The molecule has 0 saturated heterocycles. The highest BCUT2D eigenvalue weighted by Crippen LogP contribution is 2.17. The Hall–Kier alpha value is -2.34. The third kappa shape index (κ3) is 3.90. The second-order valence-electron chi connectivity index (χ2n) is 4.59. The zero-order valence-corrected chi connectivity index (χ0v) is 13.7. The summed E-state index contributed by atoms with van der Waals surface area (Å²) < 4.78 is 11.5. The minimum atomic E-state index is -0.734. The highest BCUT2D eigenvalue weighted by molar-refractivity contribution is 6.28. The van der Waals surface area contributed by atoms with E-state index in [0.29, 0.717) is 0 Å². The SMILES string of the molecule is CCOC(=O)c1nc(Cl)n(Cc2ccccc2)c(=O)c1OCC. The van der Waals surface area contributed by atoms with Crippen molar-refractivity contribution in [1.29, 1.82) is 0 Å². The first-order chi connectivity index (χ1) is 11.1. The third-order valence-electron chi connectivity index (χ3n) is 3.02. The summed E-state index contributed by atoms with van der Waals surface area (Å²) in [6.45, 7) is 3.99. The lowest BCUT2D eigenvalue weighted by atomic mass is 10.2. The van der Waals surface area contributed by atoms with Crippen molar-refractivity contribution < 1.29 is 14.3 Å². The highest BCUT2D eigenvalue weighted by Gasteiger charge is 2.23. The first-order valence-corrected chi connectivity index (χ1v) is 7.60. The third-order valence-corrected chi connectivity index (χ3v) is 3.31. The van der Waals surface area contributed by atoms with E-state index >= 15 is 0 Å². The van der Waals surface area contributed by atoms with Gasteiger partial charge in [0.1, 0.15) is 0 Å². The van der Waals surface area contributed by atoms with E-state index in [2.05, 4.69) is 4.98 Å². The summed E-state index contributed by atoms with van der Waals surface area (Å²) in [4.78, 5) is 28.6. The van der Waals surface area contributed by atoms with Gasteiger partial charge in [-0.2, -0.15) is 0 Å². The molecule has 0 aliphatic carbocycles. The Kier molecular flexibility index (Phi) is 5.76. The maximum Gasteiger partial charge on any atom is 0.361 e. The molecule has 1 heterocycles. The van der Waals surface area contributed by atoms with Crippen LogP contribution in [-0.2, 0) is 11.3 Å². The fourth-order valence-corrected chi connectivity index (χ4v) is 2.25. The second-order valence-corrected chi connectivity index (χ2v) is 4.93. The minimum absolute atomic E-state index is 0.0923. The molecular weight excluding hydrogens is 320 g/mol. The average molecular weight is 337 g/mol. The summed E-state index contributed by atoms with van der Waals surface area (Å²) in [5, 5.41) is -0.0923. The summed E-state index contributed by atoms with van der Waals surface area (Å²) >= 11 is 6.09. The number of benzene rings is 1. The molecule has 2 aromatic rings. The Labute approximate surface area is 138 Å². The Balaban J connectivity index is 2.51. The maximum atomic E-state index is 12.6. The molecule has 6 nitrogen and oxygen atoms in total. The smallest absolute Gasteiger partial charge is 0.361 e. The maximum absolute atomic E-state index is 12.6. The molecule has 0 aliphatic rings. The monoisotopic (exact) mass is 336 g/mol. The van der Waals surface area contributed by atoms with Gasteiger partial charge < -0.3 is 9.47 Å². The number of hydrogen-bond donors (Lipinski definition) is 0. The Morgan fingerprint density at radius 3 is 2.52 bits per heavy atom. The summed E-state index contributed by atoms with van der Waals surface area (Å²) in [6.07, 6.45) is 0. The van der Waals surface area contributed by atoms with Crippen molar-refractivity contribution in [3.63, 3.8) is 0 Å². The number of rotatable bonds is 6. The van der Waals surface area contributed by atoms with Crippen molar-refractivity contribution in [1.82, 2.24) is 9.55 Å². The van der Waals surface area contributed by atoms with Crippen molar-refractivity contribution in [2.24, 2.45) is 0 Å². The van der Waals surface area contributed by atoms with Gasteiger partial charge in [0.05, 0.1) is 19.8 Å². The van der Waals surface area contributed by atoms with Gasteiger partial charge in [-0.15, -0.1) is 0 Å². The molecule has 0 bridgehead atoms. The van der Waals surface area contributed by atoms with Crippen LogP contribution in [0.15, 0.2) is 35.1 Å². The number of halogens is 1. The number of ether oxygens (including phenoxy) is 2. The van der Waals surface area contributed by atoms with Crippen molar-refractivity contribution in [2.45, 2.75) is 20.4 Å². The minimum Gasteiger partial charge on any atom is -0.486 e. The first-order valence-electron chi connectivity index (χ1n) is 7.22. The highest BCUT2D eigenvalue weighted by atomic mass is 35.5. The number of carbonyl (C=O) groups excluding carboxylic acids is 1. The Morgan fingerprint density at radius 2 is 1.91 bits per heavy atom. The van der Waals surface area contributed by atoms with Crippen LogP contribution in [0.1, 0.15) is 29.9 Å². The van der Waals surface area contributed by atoms with Gasteiger partial charge >= 0.3 is 5.97 Å². The van der Waals surface area contributed by atoms with Gasteiger partial charge in [0.15, 0.2) is 5.69 Å². The van der Waals surface area contributed by atoms with Crippen LogP contribution >= 0.6 is 11.6 Å². The molecule has 1 aromatic carbocycles. The van der Waals surface area contributed by atoms with Gasteiger partial charge in [-0.25, -0.2) is 9.78 Å². The number of aromatic nitrogens is 2. The van der Waals surface area contributed by atoms with Crippen LogP contribution in [0.4, 0.5) is 0 Å². The van der Waals surface area contributed by atoms with Crippen LogP contribution < -0.4 is 10.3 Å². The molecule has 0 aliphatic heterocycles. The van der Waals surface area contributed by atoms with Crippen LogP contribution in [0.5, 0.6) is 5.75 Å². The van der Waals surface area contributed by atoms with Crippen molar-refractivity contribution in [3.8, 4) is 5.75 Å². The van der Waals surface area contributed by atoms with Gasteiger partial charge in [0.2, 0.25) is 11.0 Å². The van der Waals surface area contributed by atoms with Gasteiger partial charge in [-0.1, -0.05) is 30.3 Å². The number of hydrogen-bond acceptors (Lipinski definition) is 5. The molecule has 1 aromatic heterocycles. The molecule has 122 valence electrons. The quantitative estimate of drug-likeness (QED) is 0.599. The van der Waals surface area contributed by atoms with Gasteiger partial charge in [-0.3, -0.25) is 9.36 Å². The van der Waals surface area contributed by atoms with E-state index in [1.165, 1.54) is 4.57 Å². The number of nitrogens with zero attached hydrogens (tertiary/aromatic N) is 2. The summed E-state index contributed by atoms with van der Waals surface area (Å²) in [5.74, 6) is -0.881. The molecule has 0 unspecified atom stereocenters. The van der Waals surface area contributed by atoms with E-state index in [-0.39, 0.29) is 36.5 Å². The Morgan fingerprint density at radius 1 is 1.22 bits per heavy atom. The Bertz CT molecular complexity index is 744. The molecule has 0 fully saturated rings. The van der Waals surface area contributed by atoms with Crippen LogP contribution in [0.2, 0.25) is 5.28 Å². The molecule has 23 heavy (non-hydrogen) atoms. The van der Waals surface area contributed by atoms with E-state index in [1.807, 2.05) is 30.3 Å². The van der Waals surface area contributed by atoms with Crippen LogP contribution in [-0.4, -0.2) is 28.7 Å². The summed E-state index contributed by atoms with van der Waals surface area (Å²) in [5.41, 5.74) is 0.163. The first kappa shape index (κ1) is 17.0. The number of esters is 1. The average Bonchev–Trinajstić information content (AvgIpc) is 2.55. The lowest BCUT2D eigenvalue weighted by molar-refractivity contribution is 0.0513. The van der Waals surface area contributed by atoms with Gasteiger partial charge in [0, 0.05) is 0 Å². The van der Waals surface area contributed by atoms with Crippen LogP contribution in [0, 0.1) is 0 Å². The van der Waals surface area contributed by atoms with E-state index in [0.717, 1.165) is 5.56 Å². The molecule has 0 spiro atoms. The van der Waals surface area contributed by atoms with Crippen molar-refractivity contribution in [3.05, 3.63) is 57.2 Å². The lowest BCUT2D eigenvalue weighted by Gasteiger charge is -2.13. The second kappa shape index (κ2) is 7.78. The largest absolute Gasteiger partial charge is 0.486 e. The van der Waals surface area contributed by atoms with Gasteiger partial charge in [-0.05, 0) is 31.0 Å². The molecule has 7 heteroatoms. The van der Waals surface area contributed by atoms with Crippen molar-refractivity contribution >= 4 is 17.6 Å². The fourth-order valence-electron chi connectivity index (χ4n) is 2.03. The van der Waals surface area contributed by atoms with Crippen LogP contribution in [0.25, 0.3) is 0 Å². The summed E-state index contributed by atoms with van der Waals surface area (Å²) in [7, 11) is 0. The van der Waals surface area contributed by atoms with E-state index in [1.54, 1.807) is 13.8 Å². The zero-order valence-electron chi connectivity index (χ0n) is 12.9. The number of carbonyl (C=O) groups is 1. The molecule has 0 radical (unpaired) electrons.